The van der Waals surface area contributed by atoms with Crippen molar-refractivity contribution in [3.8, 4) is 29.0 Å². The molecule has 2 aromatic heterocycles. The van der Waals surface area contributed by atoms with E-state index in [2.05, 4.69) is 20.2 Å². The Labute approximate surface area is 132 Å². The Kier molecular flexibility index (Phi) is 4.76. The van der Waals surface area contributed by atoms with E-state index < -0.39 is 0 Å². The van der Waals surface area contributed by atoms with Gasteiger partial charge in [-0.05, 0) is 12.1 Å². The van der Waals surface area contributed by atoms with Gasteiger partial charge in [-0.25, -0.2) is 4.98 Å². The van der Waals surface area contributed by atoms with Crippen molar-refractivity contribution < 1.29 is 9.47 Å². The largest absolute Gasteiger partial charge is 0.496 e. The molecule has 0 spiro atoms. The molecular weight excluding hydrogens is 306 g/mol. The van der Waals surface area contributed by atoms with E-state index in [0.717, 1.165) is 16.6 Å². The third-order valence-electron chi connectivity index (χ3n) is 2.93. The number of nitrogens with one attached hydrogen (secondary N) is 1. The molecule has 0 atom stereocenters. The Hall–Kier alpha value is -2.85. The summed E-state index contributed by atoms with van der Waals surface area (Å²) in [5.74, 6) is 1.82. The van der Waals surface area contributed by atoms with Crippen LogP contribution >= 0.6 is 12.4 Å². The molecule has 0 aliphatic carbocycles. The van der Waals surface area contributed by atoms with Gasteiger partial charge in [0.15, 0.2) is 6.61 Å². The molecule has 1 N–H and O–H groups in total. The summed E-state index contributed by atoms with van der Waals surface area (Å²) in [4.78, 5) is 7.61. The number of halogens is 1. The quantitative estimate of drug-likeness (QED) is 0.793. The van der Waals surface area contributed by atoms with Crippen LogP contribution in [0.15, 0.2) is 30.6 Å². The van der Waals surface area contributed by atoms with Gasteiger partial charge in [-0.2, -0.15) is 15.5 Å². The second-order valence-corrected chi connectivity index (χ2v) is 4.18. The first-order chi connectivity index (χ1) is 10.3. The van der Waals surface area contributed by atoms with Crippen molar-refractivity contribution in [3.63, 3.8) is 0 Å². The van der Waals surface area contributed by atoms with Crippen molar-refractivity contribution in [2.45, 2.75) is 0 Å². The van der Waals surface area contributed by atoms with Crippen LogP contribution in [0.3, 0.4) is 0 Å². The number of H-pyrrole nitrogens is 1. The third kappa shape index (κ3) is 2.92. The fraction of sp³-hybridized carbons (Fsp3) is 0.143. The number of rotatable bonds is 4. The van der Waals surface area contributed by atoms with E-state index >= 15 is 0 Å². The van der Waals surface area contributed by atoms with Gasteiger partial charge in [0.05, 0.1) is 30.6 Å². The zero-order valence-corrected chi connectivity index (χ0v) is 12.4. The number of methoxy groups -OCH3 is 1. The molecule has 0 amide bonds. The van der Waals surface area contributed by atoms with E-state index in [1.807, 2.05) is 12.1 Å². The Bertz CT molecular complexity index is 794. The number of nitrogens with zero attached hydrogens (tertiary/aromatic N) is 4. The minimum absolute atomic E-state index is 0. The summed E-state index contributed by atoms with van der Waals surface area (Å²) in [6.07, 6.45) is 3.20. The highest BCUT2D eigenvalue weighted by molar-refractivity contribution is 5.85. The standard InChI is InChI=1S/C14H11N5O2.ClH/c1-20-13-6-9(21-5-4-15)2-3-10(13)14-18-11-7-16-17-8-12(11)19-14;/h2-3,6-8H,5H2,1H3,(H,18,19);1H. The van der Waals surface area contributed by atoms with Crippen LogP contribution in [0.1, 0.15) is 0 Å². The van der Waals surface area contributed by atoms with Gasteiger partial charge < -0.3 is 14.5 Å². The molecule has 0 aliphatic heterocycles. The first-order valence-electron chi connectivity index (χ1n) is 6.16. The van der Waals surface area contributed by atoms with Crippen molar-refractivity contribution >= 4 is 23.4 Å². The molecule has 112 valence electrons. The predicted octanol–water partition coefficient (Wildman–Crippen LogP) is 2.35. The molecule has 3 rings (SSSR count). The highest BCUT2D eigenvalue weighted by atomic mass is 35.5. The molecule has 0 aliphatic rings. The molecule has 2 heterocycles. The van der Waals surface area contributed by atoms with Crippen LogP contribution in [0.4, 0.5) is 0 Å². The van der Waals surface area contributed by atoms with E-state index in [-0.39, 0.29) is 19.0 Å². The van der Waals surface area contributed by atoms with Crippen molar-refractivity contribution in [1.29, 1.82) is 5.26 Å². The van der Waals surface area contributed by atoms with E-state index in [9.17, 15) is 0 Å². The lowest BCUT2D eigenvalue weighted by atomic mass is 10.2. The molecule has 3 aromatic rings. The van der Waals surface area contributed by atoms with E-state index in [1.54, 1.807) is 31.6 Å². The SMILES string of the molecule is COc1cc(OCC#N)ccc1-c1nc2cnncc2[nH]1.Cl. The van der Waals surface area contributed by atoms with Crippen molar-refractivity contribution in [3.05, 3.63) is 30.6 Å². The molecule has 0 radical (unpaired) electrons. The van der Waals surface area contributed by atoms with Gasteiger partial charge in [0.2, 0.25) is 0 Å². The van der Waals surface area contributed by atoms with Crippen molar-refractivity contribution in [1.82, 2.24) is 20.2 Å². The molecule has 7 nitrogen and oxygen atoms in total. The molecule has 0 saturated carbocycles. The first kappa shape index (κ1) is 15.5. The van der Waals surface area contributed by atoms with Gasteiger partial charge in [-0.1, -0.05) is 0 Å². The zero-order chi connectivity index (χ0) is 14.7. The Morgan fingerprint density at radius 3 is 2.82 bits per heavy atom. The number of benzene rings is 1. The van der Waals surface area contributed by atoms with Gasteiger partial charge in [0.25, 0.3) is 0 Å². The molecule has 22 heavy (non-hydrogen) atoms. The monoisotopic (exact) mass is 317 g/mol. The van der Waals surface area contributed by atoms with Crippen LogP contribution in [0.2, 0.25) is 0 Å². The Morgan fingerprint density at radius 1 is 1.27 bits per heavy atom. The van der Waals surface area contributed by atoms with E-state index in [4.69, 9.17) is 14.7 Å². The highest BCUT2D eigenvalue weighted by Crippen LogP contribution is 2.32. The summed E-state index contributed by atoms with van der Waals surface area (Å²) in [6, 6.07) is 7.23. The topological polar surface area (TPSA) is 96.7 Å². The number of aromatic nitrogens is 4. The van der Waals surface area contributed by atoms with Crippen LogP contribution in [0, 0.1) is 11.3 Å². The molecule has 0 fully saturated rings. The second kappa shape index (κ2) is 6.74. The van der Waals surface area contributed by atoms with E-state index in [0.29, 0.717) is 17.3 Å². The summed E-state index contributed by atoms with van der Waals surface area (Å²) < 4.78 is 10.6. The fourth-order valence-corrected chi connectivity index (χ4v) is 1.98. The smallest absolute Gasteiger partial charge is 0.174 e. The lowest BCUT2D eigenvalue weighted by Gasteiger charge is -2.08. The number of ether oxygens (including phenoxy) is 2. The first-order valence-corrected chi connectivity index (χ1v) is 6.16. The zero-order valence-electron chi connectivity index (χ0n) is 11.6. The van der Waals surface area contributed by atoms with Gasteiger partial charge in [0, 0.05) is 6.07 Å². The van der Waals surface area contributed by atoms with Gasteiger partial charge in [-0.3, -0.25) is 0 Å². The van der Waals surface area contributed by atoms with Crippen LogP contribution < -0.4 is 9.47 Å². The van der Waals surface area contributed by atoms with Crippen molar-refractivity contribution in [2.24, 2.45) is 0 Å². The van der Waals surface area contributed by atoms with Crippen LogP contribution in [-0.2, 0) is 0 Å². The molecular formula is C14H12ClN5O2. The number of fused-ring (bicyclic) bond motifs is 1. The predicted molar refractivity (Wildman–Crippen MR) is 82.0 cm³/mol. The summed E-state index contributed by atoms with van der Waals surface area (Å²) in [6.45, 7) is -0.00945. The molecule has 0 unspecified atom stereocenters. The average Bonchev–Trinajstić information content (AvgIpc) is 2.96. The lowest BCUT2D eigenvalue weighted by molar-refractivity contribution is 0.361. The summed E-state index contributed by atoms with van der Waals surface area (Å²) in [7, 11) is 1.57. The van der Waals surface area contributed by atoms with Crippen LogP contribution in [-0.4, -0.2) is 33.9 Å². The normalized spacial score (nSPS) is 9.82. The molecule has 8 heteroatoms. The lowest BCUT2D eigenvalue weighted by Crippen LogP contribution is -1.95. The summed E-state index contributed by atoms with van der Waals surface area (Å²) in [5.41, 5.74) is 2.32. The van der Waals surface area contributed by atoms with Crippen LogP contribution in [0.5, 0.6) is 11.5 Å². The third-order valence-corrected chi connectivity index (χ3v) is 2.93. The van der Waals surface area contributed by atoms with E-state index in [1.165, 1.54) is 0 Å². The van der Waals surface area contributed by atoms with Crippen molar-refractivity contribution in [2.75, 3.05) is 13.7 Å². The molecule has 1 aromatic carbocycles. The maximum atomic E-state index is 8.53. The number of hydrogen-bond donors (Lipinski definition) is 1. The van der Waals surface area contributed by atoms with Gasteiger partial charge in [-0.15, -0.1) is 12.4 Å². The number of aromatic amines is 1. The molecule has 0 saturated heterocycles. The maximum absolute atomic E-state index is 8.53. The van der Waals surface area contributed by atoms with Gasteiger partial charge in [0.1, 0.15) is 28.9 Å². The Morgan fingerprint density at radius 2 is 2.09 bits per heavy atom. The number of nitriles is 1. The number of hydrogen-bond acceptors (Lipinski definition) is 6. The maximum Gasteiger partial charge on any atom is 0.174 e. The second-order valence-electron chi connectivity index (χ2n) is 4.18. The van der Waals surface area contributed by atoms with Crippen LogP contribution in [0.25, 0.3) is 22.4 Å². The summed E-state index contributed by atoms with van der Waals surface area (Å²) >= 11 is 0. The number of imidazole rings is 1. The summed E-state index contributed by atoms with van der Waals surface area (Å²) in [5, 5.41) is 16.1. The molecule has 0 bridgehead atoms. The fourth-order valence-electron chi connectivity index (χ4n) is 1.98. The highest BCUT2D eigenvalue weighted by Gasteiger charge is 2.12. The minimum atomic E-state index is -0.00945. The average molecular weight is 318 g/mol. The van der Waals surface area contributed by atoms with Gasteiger partial charge >= 0.3 is 0 Å². The minimum Gasteiger partial charge on any atom is -0.496 e. The Balaban J connectivity index is 0.00000176.